The highest BCUT2D eigenvalue weighted by molar-refractivity contribution is 5.36. The molecule has 120 valence electrons. The van der Waals surface area contributed by atoms with Gasteiger partial charge in [-0.25, -0.2) is 0 Å². The van der Waals surface area contributed by atoms with Crippen LogP contribution in [0, 0.1) is 5.92 Å². The number of ether oxygens (including phenoxy) is 1. The van der Waals surface area contributed by atoms with Crippen LogP contribution in [0.3, 0.4) is 0 Å². The molecule has 6 heteroatoms. The number of halogens is 3. The molecule has 0 fully saturated rings. The van der Waals surface area contributed by atoms with E-state index in [1.54, 1.807) is 12.1 Å². The molecule has 2 atom stereocenters. The number of hydrogen-bond acceptors (Lipinski definition) is 3. The van der Waals surface area contributed by atoms with E-state index >= 15 is 0 Å². The summed E-state index contributed by atoms with van der Waals surface area (Å²) >= 11 is 0. The molecule has 1 aromatic rings. The number of hydrogen-bond donors (Lipinski definition) is 1. The highest BCUT2D eigenvalue weighted by Gasteiger charge is 2.33. The normalized spacial score (nSPS) is 15.3. The second-order valence-corrected chi connectivity index (χ2v) is 5.49. The van der Waals surface area contributed by atoms with Crippen molar-refractivity contribution in [3.63, 3.8) is 0 Å². The van der Waals surface area contributed by atoms with Crippen LogP contribution in [0.15, 0.2) is 24.3 Å². The van der Waals surface area contributed by atoms with E-state index in [4.69, 9.17) is 5.73 Å². The number of nitrogens with two attached hydrogens (primary N) is 1. The van der Waals surface area contributed by atoms with Crippen LogP contribution >= 0.6 is 0 Å². The molecule has 1 aromatic carbocycles. The summed E-state index contributed by atoms with van der Waals surface area (Å²) in [5, 5.41) is 0. The monoisotopic (exact) mass is 304 g/mol. The Hall–Kier alpha value is -1.27. The largest absolute Gasteiger partial charge is 0.573 e. The molecule has 0 aliphatic rings. The Morgan fingerprint density at radius 2 is 1.76 bits per heavy atom. The van der Waals surface area contributed by atoms with Crippen molar-refractivity contribution in [2.75, 3.05) is 13.6 Å². The average molecular weight is 304 g/mol. The summed E-state index contributed by atoms with van der Waals surface area (Å²) in [5.41, 5.74) is 6.25. The molecule has 1 rings (SSSR count). The Balaban J connectivity index is 3.11. The lowest BCUT2D eigenvalue weighted by Gasteiger charge is -2.35. The van der Waals surface area contributed by atoms with Gasteiger partial charge >= 0.3 is 6.36 Å². The molecule has 2 unspecified atom stereocenters. The molecule has 2 N–H and O–H groups in total. The Labute approximate surface area is 123 Å². The molecule has 0 bridgehead atoms. The van der Waals surface area contributed by atoms with Crippen LogP contribution in [0.5, 0.6) is 5.75 Å². The SMILES string of the molecule is CC(C)C(C)N(C)C(CN)c1ccccc1OC(F)(F)F. The quantitative estimate of drug-likeness (QED) is 0.873. The maximum Gasteiger partial charge on any atom is 0.573 e. The van der Waals surface area contributed by atoms with Gasteiger partial charge < -0.3 is 10.5 Å². The topological polar surface area (TPSA) is 38.5 Å². The summed E-state index contributed by atoms with van der Waals surface area (Å²) in [7, 11) is 1.87. The van der Waals surface area contributed by atoms with Gasteiger partial charge in [0.2, 0.25) is 0 Å². The van der Waals surface area contributed by atoms with E-state index in [1.807, 2.05) is 18.9 Å². The van der Waals surface area contributed by atoms with Gasteiger partial charge in [0.15, 0.2) is 0 Å². The summed E-state index contributed by atoms with van der Waals surface area (Å²) in [4.78, 5) is 1.99. The van der Waals surface area contributed by atoms with Crippen LogP contribution in [-0.4, -0.2) is 30.9 Å². The van der Waals surface area contributed by atoms with Crippen molar-refractivity contribution in [1.29, 1.82) is 0 Å². The summed E-state index contributed by atoms with van der Waals surface area (Å²) in [5.74, 6) is 0.169. The first-order valence-electron chi connectivity index (χ1n) is 6.94. The van der Waals surface area contributed by atoms with Crippen LogP contribution in [0.25, 0.3) is 0 Å². The van der Waals surface area contributed by atoms with E-state index in [0.29, 0.717) is 11.5 Å². The van der Waals surface area contributed by atoms with Crippen molar-refractivity contribution >= 4 is 0 Å². The zero-order valence-electron chi connectivity index (χ0n) is 12.8. The van der Waals surface area contributed by atoms with Crippen LogP contribution in [0.4, 0.5) is 13.2 Å². The zero-order chi connectivity index (χ0) is 16.2. The Bertz CT molecular complexity index is 449. The fourth-order valence-corrected chi connectivity index (χ4v) is 2.24. The first-order chi connectivity index (χ1) is 9.67. The fourth-order valence-electron chi connectivity index (χ4n) is 2.24. The highest BCUT2D eigenvalue weighted by Crippen LogP contribution is 2.33. The third-order valence-corrected chi connectivity index (χ3v) is 3.83. The molecule has 0 spiro atoms. The van der Waals surface area contributed by atoms with Gasteiger partial charge in [0.1, 0.15) is 5.75 Å². The maximum atomic E-state index is 12.5. The lowest BCUT2D eigenvalue weighted by Crippen LogP contribution is -2.40. The Kier molecular flexibility index (Phi) is 6.04. The number of nitrogens with zero attached hydrogens (tertiary/aromatic N) is 1. The number of benzene rings is 1. The molecule has 0 saturated heterocycles. The van der Waals surface area contributed by atoms with E-state index in [1.165, 1.54) is 12.1 Å². The molecule has 0 heterocycles. The van der Waals surface area contributed by atoms with Crippen molar-refractivity contribution in [1.82, 2.24) is 4.90 Å². The predicted octanol–water partition coefficient (Wildman–Crippen LogP) is 3.56. The average Bonchev–Trinajstić information content (AvgIpc) is 2.38. The summed E-state index contributed by atoms with van der Waals surface area (Å²) < 4.78 is 41.7. The Morgan fingerprint density at radius 1 is 1.19 bits per heavy atom. The molecule has 0 aliphatic carbocycles. The fraction of sp³-hybridized carbons (Fsp3) is 0.600. The van der Waals surface area contributed by atoms with Crippen molar-refractivity contribution < 1.29 is 17.9 Å². The van der Waals surface area contributed by atoms with Crippen molar-refractivity contribution in [2.24, 2.45) is 11.7 Å². The zero-order valence-corrected chi connectivity index (χ0v) is 12.8. The predicted molar refractivity (Wildman–Crippen MR) is 77.0 cm³/mol. The molecule has 0 aromatic heterocycles. The standard InChI is InChI=1S/C15H23F3N2O/c1-10(2)11(3)20(4)13(9-19)12-7-5-6-8-14(12)21-15(16,17)18/h5-8,10-11,13H,9,19H2,1-4H3. The molecular weight excluding hydrogens is 281 g/mol. The minimum absolute atomic E-state index is 0.178. The van der Waals surface area contributed by atoms with Gasteiger partial charge in [-0.2, -0.15) is 0 Å². The van der Waals surface area contributed by atoms with Crippen molar-refractivity contribution in [3.05, 3.63) is 29.8 Å². The van der Waals surface area contributed by atoms with Gasteiger partial charge in [-0.1, -0.05) is 32.0 Å². The van der Waals surface area contributed by atoms with Crippen LogP contribution in [0.2, 0.25) is 0 Å². The lowest BCUT2D eigenvalue weighted by molar-refractivity contribution is -0.275. The van der Waals surface area contributed by atoms with Crippen LogP contribution < -0.4 is 10.5 Å². The van der Waals surface area contributed by atoms with Gasteiger partial charge in [-0.3, -0.25) is 4.90 Å². The minimum atomic E-state index is -4.71. The van der Waals surface area contributed by atoms with E-state index in [2.05, 4.69) is 18.6 Å². The maximum absolute atomic E-state index is 12.5. The third kappa shape index (κ3) is 4.89. The second kappa shape index (κ2) is 7.13. The molecule has 3 nitrogen and oxygen atoms in total. The molecule has 0 radical (unpaired) electrons. The highest BCUT2D eigenvalue weighted by atomic mass is 19.4. The summed E-state index contributed by atoms with van der Waals surface area (Å²) in [6, 6.07) is 6.00. The second-order valence-electron chi connectivity index (χ2n) is 5.49. The summed E-state index contributed by atoms with van der Waals surface area (Å²) in [6.07, 6.45) is -4.71. The minimum Gasteiger partial charge on any atom is -0.405 e. The van der Waals surface area contributed by atoms with E-state index < -0.39 is 6.36 Å². The van der Waals surface area contributed by atoms with Gasteiger partial charge in [0.05, 0.1) is 6.04 Å². The van der Waals surface area contributed by atoms with Gasteiger partial charge in [0.25, 0.3) is 0 Å². The molecule has 0 aliphatic heterocycles. The molecule has 0 saturated carbocycles. The number of likely N-dealkylation sites (N-methyl/N-ethyl adjacent to an activating group) is 1. The van der Waals surface area contributed by atoms with Gasteiger partial charge in [-0.05, 0) is 26.0 Å². The van der Waals surface area contributed by atoms with Crippen LogP contribution in [0.1, 0.15) is 32.4 Å². The van der Waals surface area contributed by atoms with Gasteiger partial charge in [-0.15, -0.1) is 13.2 Å². The first-order valence-corrected chi connectivity index (χ1v) is 6.94. The lowest BCUT2D eigenvalue weighted by atomic mass is 9.98. The number of alkyl halides is 3. The van der Waals surface area contributed by atoms with Gasteiger partial charge in [0, 0.05) is 18.2 Å². The van der Waals surface area contributed by atoms with Crippen molar-refractivity contribution in [2.45, 2.75) is 39.2 Å². The van der Waals surface area contributed by atoms with Crippen LogP contribution in [-0.2, 0) is 0 Å². The van der Waals surface area contributed by atoms with E-state index in [0.717, 1.165) is 0 Å². The van der Waals surface area contributed by atoms with E-state index in [9.17, 15) is 13.2 Å². The number of rotatable bonds is 6. The third-order valence-electron chi connectivity index (χ3n) is 3.83. The smallest absolute Gasteiger partial charge is 0.405 e. The molecule has 0 amide bonds. The van der Waals surface area contributed by atoms with Crippen molar-refractivity contribution in [3.8, 4) is 5.75 Å². The molecule has 21 heavy (non-hydrogen) atoms. The first kappa shape index (κ1) is 17.8. The Morgan fingerprint density at radius 3 is 2.24 bits per heavy atom. The number of para-hydroxylation sites is 1. The van der Waals surface area contributed by atoms with E-state index in [-0.39, 0.29) is 24.4 Å². The molecular formula is C15H23F3N2O. The summed E-state index contributed by atoms with van der Waals surface area (Å²) in [6.45, 7) is 6.37.